The van der Waals surface area contributed by atoms with E-state index in [0.29, 0.717) is 0 Å². The summed E-state index contributed by atoms with van der Waals surface area (Å²) in [5, 5.41) is 0. The van der Waals surface area contributed by atoms with Crippen molar-refractivity contribution in [3.63, 3.8) is 0 Å². The summed E-state index contributed by atoms with van der Waals surface area (Å²) in [5.41, 5.74) is 0. The summed E-state index contributed by atoms with van der Waals surface area (Å²) in [4.78, 5) is 0. The fourth-order valence-electron chi connectivity index (χ4n) is 1.51. The third-order valence-electron chi connectivity index (χ3n) is 2.30. The van der Waals surface area contributed by atoms with Gasteiger partial charge in [0.05, 0.1) is 0 Å². The van der Waals surface area contributed by atoms with E-state index in [9.17, 15) is 0 Å². The molecule has 1 rings (SSSR count). The van der Waals surface area contributed by atoms with Gasteiger partial charge in [-0.3, -0.25) is 0 Å². The molecule has 12 heavy (non-hydrogen) atoms. The summed E-state index contributed by atoms with van der Waals surface area (Å²) in [6.07, 6.45) is 7.44. The van der Waals surface area contributed by atoms with Crippen LogP contribution in [0.5, 0.6) is 0 Å². The summed E-state index contributed by atoms with van der Waals surface area (Å²) in [6, 6.07) is 0. The molecule has 0 aliphatic heterocycles. The Labute approximate surface area is 86.5 Å². The molecule has 1 nitrogen and oxygen atoms in total. The zero-order valence-electron chi connectivity index (χ0n) is 8.94. The van der Waals surface area contributed by atoms with Gasteiger partial charge in [-0.1, -0.05) is 0 Å². The first-order valence-corrected chi connectivity index (χ1v) is 5.39. The normalized spacial score (nSPS) is 18.3. The van der Waals surface area contributed by atoms with E-state index in [4.69, 9.17) is 4.74 Å². The Hall–Kier alpha value is 0.557. The molecule has 0 saturated heterocycles. The molecule has 0 amide bonds. The maximum atomic E-state index is 4.83. The van der Waals surface area contributed by atoms with Gasteiger partial charge in [0.2, 0.25) is 0 Å². The Morgan fingerprint density at radius 2 is 1.58 bits per heavy atom. The molecule has 2 heteroatoms. The molecule has 0 bridgehead atoms. The molecule has 0 aromatic carbocycles. The van der Waals surface area contributed by atoms with Gasteiger partial charge < -0.3 is 4.74 Å². The van der Waals surface area contributed by atoms with Gasteiger partial charge in [-0.15, -0.1) is 0 Å². The quantitative estimate of drug-likeness (QED) is 0.570. The van der Waals surface area contributed by atoms with E-state index in [2.05, 4.69) is 17.7 Å². The minimum absolute atomic E-state index is 0.844. The van der Waals surface area contributed by atoms with E-state index in [1.807, 2.05) is 13.8 Å². The van der Waals surface area contributed by atoms with Crippen LogP contribution in [0.3, 0.4) is 0 Å². The van der Waals surface area contributed by atoms with Crippen molar-refractivity contribution >= 4 is 17.7 Å². The average molecular weight is 164 g/mol. The molecule has 1 aliphatic carbocycles. The average Bonchev–Trinajstić information content (AvgIpc) is 2.08. The van der Waals surface area contributed by atoms with Gasteiger partial charge in [0.1, 0.15) is 0 Å². The van der Waals surface area contributed by atoms with Crippen LogP contribution in [0, 0.1) is 0 Å². The molecule has 0 aromatic heterocycles. The molecule has 1 fully saturated rings. The predicted octanol–water partition coefficient (Wildman–Crippen LogP) is 2.95. The third kappa shape index (κ3) is 8.65. The minimum atomic E-state index is 0.844. The van der Waals surface area contributed by atoms with Crippen LogP contribution in [0.1, 0.15) is 46.0 Å². The van der Waals surface area contributed by atoms with Gasteiger partial charge in [-0.2, -0.15) is 0 Å². The van der Waals surface area contributed by atoms with Crippen LogP contribution in [0.4, 0.5) is 0 Å². The van der Waals surface area contributed by atoms with Crippen molar-refractivity contribution in [2.45, 2.75) is 50.5 Å². The number of hydrogen-bond acceptors (Lipinski definition) is 1. The van der Waals surface area contributed by atoms with E-state index in [0.717, 1.165) is 17.8 Å². The third-order valence-corrected chi connectivity index (χ3v) is 2.30. The molecule has 1 aliphatic rings. The van der Waals surface area contributed by atoms with E-state index >= 15 is 0 Å². The van der Waals surface area contributed by atoms with Crippen LogP contribution in [-0.2, 0) is 4.74 Å². The van der Waals surface area contributed by atoms with Gasteiger partial charge in [0, 0.05) is 13.2 Å². The molecular weight excluding hydrogens is 143 g/mol. The second kappa shape index (κ2) is 9.64. The van der Waals surface area contributed by atoms with E-state index < -0.39 is 0 Å². The van der Waals surface area contributed by atoms with Crippen molar-refractivity contribution in [3.05, 3.63) is 0 Å². The Morgan fingerprint density at radius 3 is 1.75 bits per heavy atom. The summed E-state index contributed by atoms with van der Waals surface area (Å²) in [6.45, 7) is 5.67. The summed E-state index contributed by atoms with van der Waals surface area (Å²) < 4.78 is 5.87. The number of hydrogen-bond donors (Lipinski definition) is 0. The fourth-order valence-corrected chi connectivity index (χ4v) is 1.51. The Kier molecular flexibility index (Phi) is 10.1. The molecule has 68 valence electrons. The molecule has 0 heterocycles. The first-order chi connectivity index (χ1) is 5.81. The van der Waals surface area contributed by atoms with E-state index in [1.165, 1.54) is 32.1 Å². The standard InChI is InChI=1S/C6H11.C4H10O.Li/c1-2-4-6-5-3-1;1-3-5-4-2;/h1H,2-6H2;3-4H2,1-2H3;. The van der Waals surface area contributed by atoms with Crippen molar-refractivity contribution in [1.29, 1.82) is 0 Å². The van der Waals surface area contributed by atoms with Crippen molar-refractivity contribution < 1.29 is 4.74 Å². The molecule has 0 aromatic rings. The van der Waals surface area contributed by atoms with Crippen molar-refractivity contribution in [2.75, 3.05) is 13.2 Å². The second-order valence-corrected chi connectivity index (χ2v) is 3.52. The number of rotatable bonds is 2. The molecule has 0 spiro atoms. The summed E-state index contributed by atoms with van der Waals surface area (Å²) in [5.74, 6) is 0. The molecule has 0 unspecified atom stereocenters. The topological polar surface area (TPSA) is 9.23 Å². The SMILES string of the molecule is CCOCC.[Li][CH]1CCCCC1. The van der Waals surface area contributed by atoms with Crippen LogP contribution in [0.25, 0.3) is 0 Å². The predicted molar refractivity (Wildman–Crippen MR) is 54.8 cm³/mol. The Morgan fingerprint density at radius 1 is 1.08 bits per heavy atom. The van der Waals surface area contributed by atoms with Gasteiger partial charge >= 0.3 is 54.4 Å². The zero-order chi connectivity index (χ0) is 9.23. The molecule has 1 saturated carbocycles. The Balaban J connectivity index is 0.000000217. The van der Waals surface area contributed by atoms with Crippen LogP contribution in [-0.4, -0.2) is 30.9 Å². The molecule has 0 radical (unpaired) electrons. The van der Waals surface area contributed by atoms with Crippen LogP contribution in [0.15, 0.2) is 0 Å². The van der Waals surface area contributed by atoms with Gasteiger partial charge in [0.15, 0.2) is 0 Å². The van der Waals surface area contributed by atoms with Crippen LogP contribution in [0.2, 0.25) is 4.59 Å². The van der Waals surface area contributed by atoms with Crippen molar-refractivity contribution in [1.82, 2.24) is 0 Å². The van der Waals surface area contributed by atoms with Gasteiger partial charge in [-0.25, -0.2) is 0 Å². The monoisotopic (exact) mass is 164 g/mol. The summed E-state index contributed by atoms with van der Waals surface area (Å²) in [7, 11) is 0. The second-order valence-electron chi connectivity index (χ2n) is 3.52. The van der Waals surface area contributed by atoms with E-state index in [-0.39, 0.29) is 0 Å². The number of ether oxygens (including phenoxy) is 1. The van der Waals surface area contributed by atoms with Crippen molar-refractivity contribution in [3.8, 4) is 0 Å². The van der Waals surface area contributed by atoms with Crippen molar-refractivity contribution in [2.24, 2.45) is 0 Å². The molecule has 0 atom stereocenters. The maximum absolute atomic E-state index is 4.83. The first-order valence-electron chi connectivity index (χ1n) is 5.39. The van der Waals surface area contributed by atoms with Crippen LogP contribution >= 0.6 is 0 Å². The first kappa shape index (κ1) is 12.6. The Bertz CT molecular complexity index is 77.9. The summed E-state index contributed by atoms with van der Waals surface area (Å²) >= 11 is 2.36. The zero-order valence-corrected chi connectivity index (χ0v) is 8.94. The molecular formula is C10H21LiO. The molecule has 0 N–H and O–H groups in total. The fraction of sp³-hybridized carbons (Fsp3) is 1.00. The van der Waals surface area contributed by atoms with Gasteiger partial charge in [-0.05, 0) is 13.8 Å². The van der Waals surface area contributed by atoms with Gasteiger partial charge in [0.25, 0.3) is 0 Å². The van der Waals surface area contributed by atoms with Crippen LogP contribution < -0.4 is 0 Å². The van der Waals surface area contributed by atoms with E-state index in [1.54, 1.807) is 0 Å².